The second kappa shape index (κ2) is 11.3. The summed E-state index contributed by atoms with van der Waals surface area (Å²) < 4.78 is 42.5. The molecule has 1 amide bonds. The molecule has 1 N–H and O–H groups in total. The third-order valence-electron chi connectivity index (χ3n) is 8.08. The molecule has 1 saturated heterocycles. The Morgan fingerprint density at radius 3 is 2.45 bits per heavy atom. The number of fused-ring (bicyclic) bond motifs is 2. The molecule has 0 radical (unpaired) electrons. The van der Waals surface area contributed by atoms with Gasteiger partial charge in [-0.2, -0.15) is 0 Å². The molecule has 42 heavy (non-hydrogen) atoms. The van der Waals surface area contributed by atoms with E-state index in [1.54, 1.807) is 40.1 Å². The molecule has 1 aromatic carbocycles. The summed E-state index contributed by atoms with van der Waals surface area (Å²) in [5.74, 6) is -3.31. The third-order valence-corrected chi connectivity index (χ3v) is 8.08. The van der Waals surface area contributed by atoms with Gasteiger partial charge in [0.15, 0.2) is 17.3 Å². The van der Waals surface area contributed by atoms with Gasteiger partial charge in [-0.3, -0.25) is 19.3 Å². The van der Waals surface area contributed by atoms with Crippen molar-refractivity contribution < 1.29 is 27.8 Å². The van der Waals surface area contributed by atoms with Crippen LogP contribution in [0.2, 0.25) is 0 Å². The number of pyridine rings is 2. The molecule has 10 nitrogen and oxygen atoms in total. The lowest BCUT2D eigenvalue weighted by Crippen LogP contribution is -2.41. The largest absolute Gasteiger partial charge is 0.457 e. The van der Waals surface area contributed by atoms with Crippen LogP contribution in [0.3, 0.4) is 0 Å². The number of hydrogen-bond acceptors (Lipinski definition) is 7. The van der Waals surface area contributed by atoms with Gasteiger partial charge in [-0.1, -0.05) is 18.2 Å². The van der Waals surface area contributed by atoms with Crippen molar-refractivity contribution in [3.63, 3.8) is 0 Å². The Labute approximate surface area is 239 Å². The average molecular weight is 578 g/mol. The van der Waals surface area contributed by atoms with Crippen LogP contribution in [0.1, 0.15) is 73.6 Å². The number of nitrogens with zero attached hydrogens (tertiary/aromatic N) is 4. The predicted molar refractivity (Wildman–Crippen MR) is 146 cm³/mol. The molecule has 218 valence electrons. The summed E-state index contributed by atoms with van der Waals surface area (Å²) in [7, 11) is 0. The Bertz CT molecular complexity index is 1700. The first kappa shape index (κ1) is 27.6. The second-order valence-corrected chi connectivity index (χ2v) is 10.6. The Morgan fingerprint density at radius 2 is 1.67 bits per heavy atom. The molecule has 4 aromatic rings. The van der Waals surface area contributed by atoms with Crippen LogP contribution in [0.4, 0.5) is 13.6 Å². The SMILES string of the molecule is CC(=O)O[C@@H]1c2cccnc2[C@H](OC(=O)N2CCC(n3c(=O)[nH]c4ncccc43)CC2)CC[C@H]1c1cccc(F)c1F. The van der Waals surface area contributed by atoms with Crippen LogP contribution < -0.4 is 5.69 Å². The van der Waals surface area contributed by atoms with Crippen LogP contribution in [0, 0.1) is 11.6 Å². The molecule has 1 aliphatic heterocycles. The molecule has 3 atom stereocenters. The fourth-order valence-electron chi connectivity index (χ4n) is 6.16. The fraction of sp³-hybridized carbons (Fsp3) is 0.367. The molecule has 12 heteroatoms. The Kier molecular flexibility index (Phi) is 7.44. The zero-order valence-corrected chi connectivity index (χ0v) is 22.8. The number of carbonyl (C=O) groups excluding carboxylic acids is 2. The number of imidazole rings is 1. The maximum atomic E-state index is 15.0. The first-order chi connectivity index (χ1) is 20.3. The minimum Gasteiger partial charge on any atom is -0.457 e. The number of hydrogen-bond donors (Lipinski definition) is 1. The molecular weight excluding hydrogens is 548 g/mol. The van der Waals surface area contributed by atoms with E-state index in [-0.39, 0.29) is 30.1 Å². The monoisotopic (exact) mass is 577 g/mol. The van der Waals surface area contributed by atoms with E-state index in [0.717, 1.165) is 11.6 Å². The number of aromatic nitrogens is 4. The summed E-state index contributed by atoms with van der Waals surface area (Å²) >= 11 is 0. The van der Waals surface area contributed by atoms with Crippen molar-refractivity contribution >= 4 is 23.2 Å². The molecule has 0 saturated carbocycles. The molecule has 0 unspecified atom stereocenters. The number of piperidine rings is 1. The van der Waals surface area contributed by atoms with Crippen molar-refractivity contribution in [1.29, 1.82) is 0 Å². The van der Waals surface area contributed by atoms with Gasteiger partial charge in [0.05, 0.1) is 11.2 Å². The summed E-state index contributed by atoms with van der Waals surface area (Å²) in [5, 5.41) is 0. The highest BCUT2D eigenvalue weighted by Crippen LogP contribution is 2.46. The maximum absolute atomic E-state index is 15.0. The number of H-pyrrole nitrogens is 1. The number of carbonyl (C=O) groups is 2. The number of halogens is 2. The van der Waals surface area contributed by atoms with Crippen molar-refractivity contribution in [2.75, 3.05) is 13.1 Å². The quantitative estimate of drug-likeness (QED) is 0.265. The van der Waals surface area contributed by atoms with Crippen molar-refractivity contribution in [1.82, 2.24) is 24.4 Å². The summed E-state index contributed by atoms with van der Waals surface area (Å²) in [6, 6.07) is 10.8. The Hall–Kier alpha value is -4.61. The standard InChI is InChI=1S/C30H29F2N5O5/c1-17(38)41-27-20(19-5-2-7-22(31)25(19)32)9-10-24(26-21(27)6-3-13-33-26)42-30(40)36-15-11-18(12-16-36)37-23-8-4-14-34-28(23)35-29(37)39/h2-8,13-14,18,20,24,27H,9-12,15-16H2,1H3,(H,34,35,39)/t20-,24+,27-/m0/s1. The van der Waals surface area contributed by atoms with Crippen LogP contribution >= 0.6 is 0 Å². The van der Waals surface area contributed by atoms with Gasteiger partial charge in [-0.25, -0.2) is 23.4 Å². The number of ether oxygens (including phenoxy) is 2. The number of likely N-dealkylation sites (tertiary alicyclic amines) is 1. The Morgan fingerprint density at radius 1 is 0.929 bits per heavy atom. The highest BCUT2D eigenvalue weighted by atomic mass is 19.2. The van der Waals surface area contributed by atoms with Crippen molar-refractivity contribution in [2.45, 2.75) is 56.8 Å². The van der Waals surface area contributed by atoms with E-state index < -0.39 is 41.8 Å². The number of rotatable bonds is 4. The highest BCUT2D eigenvalue weighted by molar-refractivity contribution is 5.71. The normalized spacial score (nSPS) is 21.0. The minimum atomic E-state index is -1.01. The molecule has 1 fully saturated rings. The zero-order chi connectivity index (χ0) is 29.4. The average Bonchev–Trinajstić information content (AvgIpc) is 3.25. The van der Waals surface area contributed by atoms with Gasteiger partial charge < -0.3 is 14.4 Å². The first-order valence-electron chi connectivity index (χ1n) is 13.9. The number of benzene rings is 1. The summed E-state index contributed by atoms with van der Waals surface area (Å²) in [6.07, 6.45) is 2.47. The van der Waals surface area contributed by atoms with E-state index in [1.165, 1.54) is 19.1 Å². The molecule has 6 rings (SSSR count). The third kappa shape index (κ3) is 5.12. The van der Waals surface area contributed by atoms with Crippen LogP contribution in [0.5, 0.6) is 0 Å². The molecule has 4 heterocycles. The van der Waals surface area contributed by atoms with Crippen molar-refractivity contribution in [3.05, 3.63) is 93.8 Å². The molecule has 3 aromatic heterocycles. The predicted octanol–water partition coefficient (Wildman–Crippen LogP) is 5.09. The number of aromatic amines is 1. The van der Waals surface area contributed by atoms with Crippen LogP contribution in [-0.4, -0.2) is 49.6 Å². The van der Waals surface area contributed by atoms with Gasteiger partial charge in [-0.15, -0.1) is 0 Å². The number of esters is 1. The lowest BCUT2D eigenvalue weighted by atomic mass is 9.87. The van der Waals surface area contributed by atoms with E-state index in [1.807, 2.05) is 6.07 Å². The van der Waals surface area contributed by atoms with Crippen molar-refractivity contribution in [3.8, 4) is 0 Å². The van der Waals surface area contributed by atoms with E-state index >= 15 is 0 Å². The van der Waals surface area contributed by atoms with E-state index in [0.29, 0.717) is 42.8 Å². The van der Waals surface area contributed by atoms with E-state index in [2.05, 4.69) is 15.0 Å². The van der Waals surface area contributed by atoms with Crippen molar-refractivity contribution in [2.24, 2.45) is 0 Å². The van der Waals surface area contributed by atoms with Gasteiger partial charge >= 0.3 is 17.8 Å². The second-order valence-electron chi connectivity index (χ2n) is 10.6. The van der Waals surface area contributed by atoms with Gasteiger partial charge in [0.25, 0.3) is 0 Å². The van der Waals surface area contributed by atoms with E-state index in [9.17, 15) is 23.2 Å². The maximum Gasteiger partial charge on any atom is 0.410 e. The van der Waals surface area contributed by atoms with E-state index in [4.69, 9.17) is 9.47 Å². The van der Waals surface area contributed by atoms with Crippen LogP contribution in [0.15, 0.2) is 59.7 Å². The molecule has 1 aliphatic carbocycles. The topological polar surface area (TPSA) is 119 Å². The number of nitrogens with one attached hydrogen (secondary N) is 1. The fourth-order valence-corrected chi connectivity index (χ4v) is 6.16. The lowest BCUT2D eigenvalue weighted by Gasteiger charge is -2.33. The summed E-state index contributed by atoms with van der Waals surface area (Å²) in [4.78, 5) is 51.1. The lowest BCUT2D eigenvalue weighted by molar-refractivity contribution is -0.148. The van der Waals surface area contributed by atoms with Gasteiger partial charge in [0.1, 0.15) is 12.2 Å². The Balaban J connectivity index is 1.22. The molecule has 0 bridgehead atoms. The molecule has 0 spiro atoms. The van der Waals surface area contributed by atoms with Gasteiger partial charge in [-0.05, 0) is 55.5 Å². The minimum absolute atomic E-state index is 0.0767. The number of amides is 1. The summed E-state index contributed by atoms with van der Waals surface area (Å²) in [5.41, 5.74) is 1.96. The summed E-state index contributed by atoms with van der Waals surface area (Å²) in [6.45, 7) is 2.00. The van der Waals surface area contributed by atoms with Gasteiger partial charge in [0.2, 0.25) is 0 Å². The highest BCUT2D eigenvalue weighted by Gasteiger charge is 2.39. The van der Waals surface area contributed by atoms with Crippen LogP contribution in [-0.2, 0) is 14.3 Å². The molecule has 2 aliphatic rings. The van der Waals surface area contributed by atoms with Gasteiger partial charge in [0, 0.05) is 49.9 Å². The first-order valence-corrected chi connectivity index (χ1v) is 13.9. The smallest absolute Gasteiger partial charge is 0.410 e. The van der Waals surface area contributed by atoms with Crippen LogP contribution in [0.25, 0.3) is 11.2 Å². The molecular formula is C30H29F2N5O5. The zero-order valence-electron chi connectivity index (χ0n) is 22.8.